The topological polar surface area (TPSA) is 73.1 Å². The van der Waals surface area contributed by atoms with Crippen LogP contribution in [-0.2, 0) is 24.3 Å². The molecular formula is C24H23N3O3S. The number of hydrogen-bond acceptors (Lipinski definition) is 4. The highest BCUT2D eigenvalue weighted by Gasteiger charge is 2.17. The summed E-state index contributed by atoms with van der Waals surface area (Å²) in [5.41, 5.74) is 3.53. The summed E-state index contributed by atoms with van der Waals surface area (Å²) in [6.45, 7) is 4.01. The van der Waals surface area contributed by atoms with Crippen LogP contribution in [-0.4, -0.2) is 15.0 Å². The molecule has 158 valence electrons. The Kier molecular flexibility index (Phi) is 5.86. The van der Waals surface area contributed by atoms with Gasteiger partial charge in [0.2, 0.25) is 5.91 Å². The molecule has 6 nitrogen and oxygen atoms in total. The van der Waals surface area contributed by atoms with Crippen molar-refractivity contribution in [3.63, 3.8) is 0 Å². The number of rotatable bonds is 6. The smallest absolute Gasteiger partial charge is 0.324 e. The fourth-order valence-corrected chi connectivity index (χ4v) is 4.50. The minimum absolute atomic E-state index is 0.162. The Bertz CT molecular complexity index is 1370. The number of aryl methyl sites for hydroxylation is 3. The van der Waals surface area contributed by atoms with E-state index in [1.165, 1.54) is 20.5 Å². The highest BCUT2D eigenvalue weighted by atomic mass is 32.1. The van der Waals surface area contributed by atoms with Gasteiger partial charge in [0, 0.05) is 12.2 Å². The SMILES string of the molecule is Cc1ccc(NC(=O)Cn2c(=O)n(CCc3ccccc3)c(=O)c3sccc32)c(C)c1. The highest BCUT2D eigenvalue weighted by Crippen LogP contribution is 2.18. The van der Waals surface area contributed by atoms with Gasteiger partial charge in [-0.2, -0.15) is 0 Å². The van der Waals surface area contributed by atoms with E-state index in [0.29, 0.717) is 22.3 Å². The summed E-state index contributed by atoms with van der Waals surface area (Å²) in [4.78, 5) is 38.8. The summed E-state index contributed by atoms with van der Waals surface area (Å²) in [6, 6.07) is 17.2. The molecule has 0 bridgehead atoms. The molecule has 0 saturated carbocycles. The molecule has 7 heteroatoms. The number of amides is 1. The number of carbonyl (C=O) groups is 1. The van der Waals surface area contributed by atoms with Crippen LogP contribution in [0.4, 0.5) is 5.69 Å². The van der Waals surface area contributed by atoms with E-state index in [1.54, 1.807) is 11.4 Å². The first-order valence-electron chi connectivity index (χ1n) is 10.1. The molecule has 0 aliphatic rings. The Morgan fingerprint density at radius 3 is 2.52 bits per heavy atom. The van der Waals surface area contributed by atoms with E-state index >= 15 is 0 Å². The lowest BCUT2D eigenvalue weighted by atomic mass is 10.1. The number of anilines is 1. The van der Waals surface area contributed by atoms with E-state index < -0.39 is 5.69 Å². The van der Waals surface area contributed by atoms with Gasteiger partial charge in [0.1, 0.15) is 11.2 Å². The maximum atomic E-state index is 13.2. The molecule has 0 radical (unpaired) electrons. The number of benzene rings is 2. The van der Waals surface area contributed by atoms with Crippen molar-refractivity contribution in [2.75, 3.05) is 5.32 Å². The number of carbonyl (C=O) groups excluding carboxylic acids is 1. The van der Waals surface area contributed by atoms with Crippen LogP contribution in [0.3, 0.4) is 0 Å². The molecule has 0 saturated heterocycles. The number of hydrogen-bond donors (Lipinski definition) is 1. The van der Waals surface area contributed by atoms with Crippen LogP contribution in [0.15, 0.2) is 69.6 Å². The molecule has 0 atom stereocenters. The summed E-state index contributed by atoms with van der Waals surface area (Å²) in [5, 5.41) is 4.65. The third-order valence-corrected chi connectivity index (χ3v) is 6.15. The number of nitrogens with one attached hydrogen (secondary N) is 1. The third kappa shape index (κ3) is 4.36. The van der Waals surface area contributed by atoms with Gasteiger partial charge in [0.05, 0.1) is 5.52 Å². The molecule has 1 N–H and O–H groups in total. The Hall–Kier alpha value is -3.45. The van der Waals surface area contributed by atoms with Crippen molar-refractivity contribution in [1.29, 1.82) is 0 Å². The molecule has 0 unspecified atom stereocenters. The second-order valence-corrected chi connectivity index (χ2v) is 8.48. The van der Waals surface area contributed by atoms with Crippen LogP contribution in [0.1, 0.15) is 16.7 Å². The lowest BCUT2D eigenvalue weighted by Crippen LogP contribution is -2.41. The normalized spacial score (nSPS) is 11.0. The molecule has 0 fully saturated rings. The molecule has 4 aromatic rings. The zero-order chi connectivity index (χ0) is 22.0. The third-order valence-electron chi connectivity index (χ3n) is 5.26. The molecule has 2 heterocycles. The van der Waals surface area contributed by atoms with Crippen molar-refractivity contribution in [3.8, 4) is 0 Å². The second kappa shape index (κ2) is 8.73. The quantitative estimate of drug-likeness (QED) is 0.504. The summed E-state index contributed by atoms with van der Waals surface area (Å²) in [5.74, 6) is -0.310. The zero-order valence-electron chi connectivity index (χ0n) is 17.4. The highest BCUT2D eigenvalue weighted by molar-refractivity contribution is 7.17. The monoisotopic (exact) mass is 433 g/mol. The Balaban J connectivity index is 1.65. The molecule has 0 spiro atoms. The maximum absolute atomic E-state index is 13.2. The molecule has 31 heavy (non-hydrogen) atoms. The van der Waals surface area contributed by atoms with Crippen LogP contribution in [0.25, 0.3) is 10.2 Å². The lowest BCUT2D eigenvalue weighted by Gasteiger charge is -2.13. The van der Waals surface area contributed by atoms with Crippen molar-refractivity contribution in [2.24, 2.45) is 0 Å². The van der Waals surface area contributed by atoms with E-state index in [2.05, 4.69) is 5.32 Å². The van der Waals surface area contributed by atoms with Gasteiger partial charge in [-0.15, -0.1) is 11.3 Å². The van der Waals surface area contributed by atoms with Gasteiger partial charge in [-0.05, 0) is 48.9 Å². The first-order chi connectivity index (χ1) is 14.9. The lowest BCUT2D eigenvalue weighted by molar-refractivity contribution is -0.116. The maximum Gasteiger partial charge on any atom is 0.332 e. The van der Waals surface area contributed by atoms with Gasteiger partial charge in [-0.1, -0.05) is 48.0 Å². The summed E-state index contributed by atoms with van der Waals surface area (Å²) in [7, 11) is 0. The average Bonchev–Trinajstić information content (AvgIpc) is 3.24. The van der Waals surface area contributed by atoms with Crippen molar-refractivity contribution in [1.82, 2.24) is 9.13 Å². The minimum Gasteiger partial charge on any atom is -0.324 e. The van der Waals surface area contributed by atoms with Gasteiger partial charge >= 0.3 is 5.69 Å². The largest absolute Gasteiger partial charge is 0.332 e. The number of aromatic nitrogens is 2. The van der Waals surface area contributed by atoms with Gasteiger partial charge in [-0.3, -0.25) is 18.7 Å². The van der Waals surface area contributed by atoms with Gasteiger partial charge in [0.25, 0.3) is 5.56 Å². The van der Waals surface area contributed by atoms with Gasteiger partial charge < -0.3 is 5.32 Å². The van der Waals surface area contributed by atoms with Crippen LogP contribution < -0.4 is 16.6 Å². The van der Waals surface area contributed by atoms with Crippen LogP contribution in [0.5, 0.6) is 0 Å². The fraction of sp³-hybridized carbons (Fsp3) is 0.208. The van der Waals surface area contributed by atoms with E-state index in [-0.39, 0.29) is 24.6 Å². The van der Waals surface area contributed by atoms with Crippen LogP contribution in [0, 0.1) is 13.8 Å². The van der Waals surface area contributed by atoms with Crippen molar-refractivity contribution < 1.29 is 4.79 Å². The molecule has 4 rings (SSSR count). The summed E-state index contributed by atoms with van der Waals surface area (Å²) >= 11 is 1.28. The van der Waals surface area contributed by atoms with Crippen molar-refractivity contribution >= 4 is 33.1 Å². The average molecular weight is 434 g/mol. The van der Waals surface area contributed by atoms with Gasteiger partial charge in [-0.25, -0.2) is 4.79 Å². The Morgan fingerprint density at radius 2 is 1.77 bits per heavy atom. The predicted octanol–water partition coefficient (Wildman–Crippen LogP) is 3.72. The van der Waals surface area contributed by atoms with Crippen molar-refractivity contribution in [2.45, 2.75) is 33.4 Å². The van der Waals surface area contributed by atoms with E-state index in [9.17, 15) is 14.4 Å². The number of thiophene rings is 1. The van der Waals surface area contributed by atoms with E-state index in [1.807, 2.05) is 62.4 Å². The molecular weight excluding hydrogens is 410 g/mol. The molecule has 2 aromatic carbocycles. The van der Waals surface area contributed by atoms with Crippen LogP contribution >= 0.6 is 11.3 Å². The number of fused-ring (bicyclic) bond motifs is 1. The summed E-state index contributed by atoms with van der Waals surface area (Å²) < 4.78 is 3.10. The number of nitrogens with zero attached hydrogens (tertiary/aromatic N) is 2. The summed E-state index contributed by atoms with van der Waals surface area (Å²) in [6.07, 6.45) is 0.557. The Labute approximate surface area is 183 Å². The second-order valence-electron chi connectivity index (χ2n) is 7.56. The first kappa shape index (κ1) is 20.8. The van der Waals surface area contributed by atoms with E-state index in [4.69, 9.17) is 0 Å². The molecule has 2 aromatic heterocycles. The predicted molar refractivity (Wildman–Crippen MR) is 125 cm³/mol. The Morgan fingerprint density at radius 1 is 1.00 bits per heavy atom. The molecule has 0 aliphatic heterocycles. The van der Waals surface area contributed by atoms with Crippen molar-refractivity contribution in [3.05, 3.63) is 97.5 Å². The fourth-order valence-electron chi connectivity index (χ4n) is 3.66. The molecule has 0 aliphatic carbocycles. The first-order valence-corrected chi connectivity index (χ1v) is 10.9. The van der Waals surface area contributed by atoms with Gasteiger partial charge in [0.15, 0.2) is 0 Å². The van der Waals surface area contributed by atoms with Crippen LogP contribution in [0.2, 0.25) is 0 Å². The minimum atomic E-state index is -0.470. The standard InChI is InChI=1S/C24H23N3O3S/c1-16-8-9-19(17(2)14-16)25-21(28)15-27-20-11-13-31-22(20)23(29)26(24(27)30)12-10-18-6-4-3-5-7-18/h3-9,11,13-14H,10,12,15H2,1-2H3,(H,25,28). The zero-order valence-corrected chi connectivity index (χ0v) is 18.2. The van der Waals surface area contributed by atoms with E-state index in [0.717, 1.165) is 16.7 Å². The molecule has 1 amide bonds.